The van der Waals surface area contributed by atoms with Crippen molar-refractivity contribution in [2.24, 2.45) is 0 Å². The molecule has 0 spiro atoms. The van der Waals surface area contributed by atoms with E-state index in [2.05, 4.69) is 18.2 Å². The Morgan fingerprint density at radius 3 is 2.71 bits per heavy atom. The Morgan fingerprint density at radius 2 is 2.43 bits per heavy atom. The molecule has 0 nitrogen and oxygen atoms in total. The van der Waals surface area contributed by atoms with Gasteiger partial charge in [0.15, 0.2) is 0 Å². The van der Waals surface area contributed by atoms with Crippen LogP contribution in [0.25, 0.3) is 0 Å². The first kappa shape index (κ1) is 5.31. The molecular formula is C6H7W. The zero-order chi connectivity index (χ0) is 5.11. The van der Waals surface area contributed by atoms with Gasteiger partial charge in [0.05, 0.1) is 0 Å². The van der Waals surface area contributed by atoms with Gasteiger partial charge in [0, 0.05) is 0 Å². The molecule has 1 aliphatic rings. The van der Waals surface area contributed by atoms with Crippen molar-refractivity contribution >= 4 is 0 Å². The minimum atomic E-state index is 1.26. The average Bonchev–Trinajstić information content (AvgIpc) is 1.69. The molecule has 0 saturated carbocycles. The Morgan fingerprint density at radius 1 is 1.57 bits per heavy atom. The van der Waals surface area contributed by atoms with Crippen LogP contribution in [0.5, 0.6) is 0 Å². The van der Waals surface area contributed by atoms with E-state index in [4.69, 9.17) is 0 Å². The normalized spacial score (nSPS) is 19.1. The van der Waals surface area contributed by atoms with Crippen LogP contribution in [0.1, 0.15) is 12.8 Å². The molecule has 1 heteroatoms. The first-order valence-corrected chi connectivity index (χ1v) is 3.89. The van der Waals surface area contributed by atoms with E-state index in [1.807, 2.05) is 0 Å². The van der Waals surface area contributed by atoms with Gasteiger partial charge in [-0.3, -0.25) is 0 Å². The summed E-state index contributed by atoms with van der Waals surface area (Å²) >= 11 is 1.62. The molecule has 0 amide bonds. The molecule has 0 aromatic rings. The van der Waals surface area contributed by atoms with Gasteiger partial charge in [-0.2, -0.15) is 0 Å². The molecule has 0 aliphatic heterocycles. The second kappa shape index (κ2) is 2.47. The van der Waals surface area contributed by atoms with Crippen LogP contribution in [0.15, 0.2) is 22.2 Å². The maximum absolute atomic E-state index is 2.21. The van der Waals surface area contributed by atoms with Gasteiger partial charge in [0.1, 0.15) is 0 Å². The van der Waals surface area contributed by atoms with E-state index >= 15 is 0 Å². The molecule has 0 aromatic carbocycles. The summed E-state index contributed by atoms with van der Waals surface area (Å²) in [6.45, 7) is 0. The molecule has 0 radical (unpaired) electrons. The van der Waals surface area contributed by atoms with Gasteiger partial charge in [-0.15, -0.1) is 0 Å². The Kier molecular flexibility index (Phi) is 1.87. The molecule has 1 aliphatic carbocycles. The third-order valence-electron chi connectivity index (χ3n) is 0.976. The predicted molar refractivity (Wildman–Crippen MR) is 26.5 cm³/mol. The Bertz CT molecular complexity index is 111. The van der Waals surface area contributed by atoms with E-state index in [1.165, 1.54) is 12.8 Å². The van der Waals surface area contributed by atoms with Gasteiger partial charge >= 0.3 is 54.8 Å². The van der Waals surface area contributed by atoms with Crippen molar-refractivity contribution in [1.29, 1.82) is 0 Å². The summed E-state index contributed by atoms with van der Waals surface area (Å²) in [7, 11) is 0. The van der Waals surface area contributed by atoms with Crippen LogP contribution in [0.4, 0.5) is 0 Å². The SMILES string of the molecule is [W][C]1=CC=CCC1. The summed E-state index contributed by atoms with van der Waals surface area (Å²) in [6.07, 6.45) is 9.12. The fourth-order valence-corrected chi connectivity index (χ4v) is 1.29. The van der Waals surface area contributed by atoms with Crippen LogP contribution in [0.2, 0.25) is 0 Å². The van der Waals surface area contributed by atoms with Crippen LogP contribution >= 0.6 is 0 Å². The van der Waals surface area contributed by atoms with E-state index < -0.39 is 0 Å². The minimum absolute atomic E-state index is 1.26. The summed E-state index contributed by atoms with van der Waals surface area (Å²) in [4.78, 5) is 0. The van der Waals surface area contributed by atoms with Gasteiger partial charge < -0.3 is 0 Å². The molecule has 37 valence electrons. The Balaban J connectivity index is 2.57. The second-order valence-electron chi connectivity index (χ2n) is 1.60. The fourth-order valence-electron chi connectivity index (χ4n) is 0.581. The monoisotopic (exact) mass is 263 g/mol. The molecule has 1 rings (SSSR count). The van der Waals surface area contributed by atoms with Crippen molar-refractivity contribution in [3.63, 3.8) is 0 Å². The number of rotatable bonds is 0. The second-order valence-corrected chi connectivity index (χ2v) is 3.48. The van der Waals surface area contributed by atoms with Gasteiger partial charge in [0.25, 0.3) is 0 Å². The van der Waals surface area contributed by atoms with E-state index in [0.29, 0.717) is 0 Å². The predicted octanol–water partition coefficient (Wildman–Crippen LogP) is 1.77. The quantitative estimate of drug-likeness (QED) is 0.624. The molecule has 7 heavy (non-hydrogen) atoms. The van der Waals surface area contributed by atoms with Crippen LogP contribution in [-0.4, -0.2) is 0 Å². The van der Waals surface area contributed by atoms with Gasteiger partial charge in [0.2, 0.25) is 0 Å². The topological polar surface area (TPSA) is 0 Å². The number of allylic oxidation sites excluding steroid dienone is 4. The van der Waals surface area contributed by atoms with E-state index in [1.54, 1.807) is 23.8 Å². The first-order chi connectivity index (χ1) is 3.39. The van der Waals surface area contributed by atoms with Crippen molar-refractivity contribution in [2.75, 3.05) is 0 Å². The van der Waals surface area contributed by atoms with Crippen molar-refractivity contribution < 1.29 is 19.8 Å². The van der Waals surface area contributed by atoms with E-state index in [0.717, 1.165) is 0 Å². The fraction of sp³-hybridized carbons (Fsp3) is 0.333. The Labute approximate surface area is 55.2 Å². The van der Waals surface area contributed by atoms with Crippen molar-refractivity contribution in [3.05, 3.63) is 22.2 Å². The van der Waals surface area contributed by atoms with Crippen molar-refractivity contribution in [3.8, 4) is 0 Å². The summed E-state index contributed by atoms with van der Waals surface area (Å²) in [5.41, 5.74) is 0. The standard InChI is InChI=1S/C6H7.W/c1-2-4-6-5-3-1;/h1-3H,4,6H2;. The number of hydrogen-bond acceptors (Lipinski definition) is 0. The molecule has 0 heterocycles. The first-order valence-electron chi connectivity index (χ1n) is 2.42. The van der Waals surface area contributed by atoms with Gasteiger partial charge in [-0.05, 0) is 0 Å². The van der Waals surface area contributed by atoms with Crippen molar-refractivity contribution in [1.82, 2.24) is 0 Å². The van der Waals surface area contributed by atoms with Crippen LogP contribution < -0.4 is 0 Å². The molecule has 0 N–H and O–H groups in total. The third kappa shape index (κ3) is 1.61. The van der Waals surface area contributed by atoms with E-state index in [9.17, 15) is 0 Å². The summed E-state index contributed by atoms with van der Waals surface area (Å²) in [5.74, 6) is 0. The van der Waals surface area contributed by atoms with Crippen LogP contribution in [0, 0.1) is 0 Å². The molecule has 0 saturated heterocycles. The molecule has 0 atom stereocenters. The maximum atomic E-state index is 2.21. The molecule has 0 unspecified atom stereocenters. The molecule has 0 fully saturated rings. The zero-order valence-corrected chi connectivity index (χ0v) is 6.99. The van der Waals surface area contributed by atoms with Gasteiger partial charge in [-0.1, -0.05) is 0 Å². The molecule has 0 aromatic heterocycles. The summed E-state index contributed by atoms with van der Waals surface area (Å²) < 4.78 is 1.59. The van der Waals surface area contributed by atoms with E-state index in [-0.39, 0.29) is 0 Å². The number of hydrogen-bond donors (Lipinski definition) is 0. The summed E-state index contributed by atoms with van der Waals surface area (Å²) in [6, 6.07) is 0. The Hall–Kier alpha value is 0.168. The summed E-state index contributed by atoms with van der Waals surface area (Å²) in [5, 5.41) is 0. The molecule has 0 bridgehead atoms. The average molecular weight is 263 g/mol. The van der Waals surface area contributed by atoms with Crippen LogP contribution in [0.3, 0.4) is 0 Å². The zero-order valence-electron chi connectivity index (χ0n) is 4.05. The third-order valence-corrected chi connectivity index (χ3v) is 2.20. The molecular weight excluding hydrogens is 256 g/mol. The van der Waals surface area contributed by atoms with Crippen molar-refractivity contribution in [2.45, 2.75) is 12.8 Å². The van der Waals surface area contributed by atoms with Crippen LogP contribution in [-0.2, 0) is 19.8 Å². The van der Waals surface area contributed by atoms with Gasteiger partial charge in [-0.25, -0.2) is 0 Å².